The molecule has 3 heterocycles. The van der Waals surface area contributed by atoms with Gasteiger partial charge in [-0.3, -0.25) is 9.59 Å². The van der Waals surface area contributed by atoms with Crippen LogP contribution in [-0.2, 0) is 11.3 Å². The Morgan fingerprint density at radius 3 is 2.74 bits per heavy atom. The molecule has 178 valence electrons. The summed E-state index contributed by atoms with van der Waals surface area (Å²) < 4.78 is 19.2. The average molecular weight is 486 g/mol. The molecule has 0 aliphatic carbocycles. The number of phenols is 1. The van der Waals surface area contributed by atoms with Crippen molar-refractivity contribution in [1.82, 2.24) is 15.2 Å². The van der Waals surface area contributed by atoms with Crippen molar-refractivity contribution in [1.29, 1.82) is 0 Å². The number of aromatic nitrogens is 1. The Kier molecular flexibility index (Phi) is 7.47. The van der Waals surface area contributed by atoms with Crippen molar-refractivity contribution in [3.8, 4) is 17.1 Å². The summed E-state index contributed by atoms with van der Waals surface area (Å²) in [5, 5.41) is 13.2. The molecule has 0 unspecified atom stereocenters. The minimum absolute atomic E-state index is 0.124. The molecule has 2 N–H and O–H groups in total. The van der Waals surface area contributed by atoms with Crippen LogP contribution < -0.4 is 5.32 Å². The van der Waals surface area contributed by atoms with Gasteiger partial charge in [-0.25, -0.2) is 9.37 Å². The quantitative estimate of drug-likeness (QED) is 0.546. The first-order chi connectivity index (χ1) is 16.4. The highest BCUT2D eigenvalue weighted by Gasteiger charge is 2.32. The number of halogens is 2. The van der Waals surface area contributed by atoms with Gasteiger partial charge in [0.2, 0.25) is 5.91 Å². The number of carbonyl (C=O) groups is 2. The number of hydrogen-bond acceptors (Lipinski definition) is 5. The number of oxazole rings is 1. The maximum absolute atomic E-state index is 14.2. The second-order valence-corrected chi connectivity index (χ2v) is 8.74. The Labute approximate surface area is 201 Å². The number of hydrogen-bond donors (Lipinski definition) is 2. The number of piperidine rings is 1. The van der Waals surface area contributed by atoms with Crippen LogP contribution in [0.15, 0.2) is 53.4 Å². The van der Waals surface area contributed by atoms with E-state index in [1.54, 1.807) is 24.3 Å². The van der Waals surface area contributed by atoms with Gasteiger partial charge in [0.15, 0.2) is 12.2 Å². The first kappa shape index (κ1) is 23.8. The summed E-state index contributed by atoms with van der Waals surface area (Å²) in [6.07, 6.45) is 8.25. The van der Waals surface area contributed by atoms with E-state index in [9.17, 15) is 19.1 Å². The molecule has 2 fully saturated rings. The van der Waals surface area contributed by atoms with E-state index in [4.69, 9.17) is 16.0 Å². The Bertz CT molecular complexity index is 1150. The second-order valence-electron chi connectivity index (χ2n) is 8.30. The maximum Gasteiger partial charge on any atom is 0.254 e. The molecule has 0 saturated carbocycles. The van der Waals surface area contributed by atoms with Crippen LogP contribution in [0, 0.1) is 5.82 Å². The molecule has 2 aliphatic rings. The third-order valence-electron chi connectivity index (χ3n) is 6.03. The van der Waals surface area contributed by atoms with Gasteiger partial charge in [0.05, 0.1) is 17.3 Å². The van der Waals surface area contributed by atoms with Crippen LogP contribution in [-0.4, -0.2) is 39.4 Å². The minimum atomic E-state index is -0.771. The molecule has 1 aromatic heterocycles. The highest BCUT2D eigenvalue weighted by Crippen LogP contribution is 2.31. The number of fused-ring (bicyclic) bond motifs is 1. The molecule has 0 spiro atoms. The molecule has 0 bridgehead atoms. The molecule has 0 radical (unpaired) electrons. The molecule has 34 heavy (non-hydrogen) atoms. The summed E-state index contributed by atoms with van der Waals surface area (Å²) in [6, 6.07) is 9.62. The van der Waals surface area contributed by atoms with Crippen molar-refractivity contribution in [3.05, 3.63) is 71.0 Å². The lowest BCUT2D eigenvalue weighted by Crippen LogP contribution is -2.36. The molecule has 5 rings (SSSR count). The van der Waals surface area contributed by atoms with E-state index >= 15 is 0 Å². The van der Waals surface area contributed by atoms with Gasteiger partial charge in [-0.15, -0.1) is 0 Å². The molecule has 2 saturated heterocycles. The molecular formula is C25H25ClFN3O4. The van der Waals surface area contributed by atoms with E-state index in [-0.39, 0.29) is 29.2 Å². The topological polar surface area (TPSA) is 95.7 Å². The van der Waals surface area contributed by atoms with Crippen molar-refractivity contribution in [2.75, 3.05) is 6.54 Å². The molecule has 2 amide bonds. The number of nitrogens with one attached hydrogen (secondary N) is 1. The first-order valence-electron chi connectivity index (χ1n) is 11.2. The molecule has 2 aliphatic heterocycles. The lowest BCUT2D eigenvalue weighted by molar-refractivity contribution is -0.129. The van der Waals surface area contributed by atoms with E-state index in [2.05, 4.69) is 15.2 Å². The monoisotopic (exact) mass is 485 g/mol. The molecule has 3 aromatic rings. The highest BCUT2D eigenvalue weighted by molar-refractivity contribution is 6.30. The first-order valence-corrected chi connectivity index (χ1v) is 11.5. The normalized spacial score (nSPS) is 17.1. The van der Waals surface area contributed by atoms with E-state index in [1.165, 1.54) is 31.9 Å². The van der Waals surface area contributed by atoms with Gasteiger partial charge in [-0.2, -0.15) is 0 Å². The van der Waals surface area contributed by atoms with Crippen LogP contribution in [0.2, 0.25) is 5.02 Å². The van der Waals surface area contributed by atoms with Crippen LogP contribution in [0.4, 0.5) is 4.39 Å². The third-order valence-corrected chi connectivity index (χ3v) is 6.28. The number of aromatic hydroxyl groups is 1. The summed E-state index contributed by atoms with van der Waals surface area (Å²) in [5.41, 5.74) is 0.680. The van der Waals surface area contributed by atoms with Gasteiger partial charge in [-0.05, 0) is 55.5 Å². The Morgan fingerprint density at radius 2 is 2.03 bits per heavy atom. The van der Waals surface area contributed by atoms with Gasteiger partial charge in [0, 0.05) is 30.6 Å². The molecule has 1 atom stereocenters. The number of phenolic OH excluding ortho intramolecular Hbond substituents is 1. The van der Waals surface area contributed by atoms with E-state index < -0.39 is 11.7 Å². The molecule has 9 heteroatoms. The molecular weight excluding hydrogens is 461 g/mol. The third kappa shape index (κ3) is 5.56. The van der Waals surface area contributed by atoms with Crippen LogP contribution >= 0.6 is 11.6 Å². The summed E-state index contributed by atoms with van der Waals surface area (Å²) in [5.74, 6) is -1.08. The van der Waals surface area contributed by atoms with Crippen molar-refractivity contribution >= 4 is 23.4 Å². The zero-order valence-corrected chi connectivity index (χ0v) is 19.2. The minimum Gasteiger partial charge on any atom is -0.507 e. The van der Waals surface area contributed by atoms with Crippen LogP contribution in [0.1, 0.15) is 48.0 Å². The summed E-state index contributed by atoms with van der Waals surface area (Å²) in [4.78, 5) is 29.0. The summed E-state index contributed by atoms with van der Waals surface area (Å²) in [7, 11) is 0. The Morgan fingerprint density at radius 1 is 1.24 bits per heavy atom. The van der Waals surface area contributed by atoms with Gasteiger partial charge in [-0.1, -0.05) is 23.7 Å². The highest BCUT2D eigenvalue weighted by atomic mass is 35.5. The maximum atomic E-state index is 14.2. The van der Waals surface area contributed by atoms with Gasteiger partial charge < -0.3 is 19.7 Å². The summed E-state index contributed by atoms with van der Waals surface area (Å²) >= 11 is 5.79. The number of benzene rings is 2. The van der Waals surface area contributed by atoms with Crippen molar-refractivity contribution < 1.29 is 23.5 Å². The number of carbonyl (C=O) groups excluding carboxylic acids is 2. The fourth-order valence-electron chi connectivity index (χ4n) is 4.22. The van der Waals surface area contributed by atoms with Crippen LogP contribution in [0.3, 0.4) is 0 Å². The van der Waals surface area contributed by atoms with E-state index in [1.807, 2.05) is 0 Å². The predicted molar refractivity (Wildman–Crippen MR) is 125 cm³/mol. The fraction of sp³-hybridized carbons (Fsp3) is 0.320. The largest absolute Gasteiger partial charge is 0.507 e. The second kappa shape index (κ2) is 10.7. The smallest absolute Gasteiger partial charge is 0.254 e. The number of rotatable bonds is 4. The van der Waals surface area contributed by atoms with E-state index in [0.29, 0.717) is 17.0 Å². The fourth-order valence-corrected chi connectivity index (χ4v) is 4.35. The zero-order valence-electron chi connectivity index (χ0n) is 18.5. The number of amides is 2. The van der Waals surface area contributed by atoms with E-state index in [0.717, 1.165) is 37.1 Å². The average Bonchev–Trinajstić information content (AvgIpc) is 3.51. The van der Waals surface area contributed by atoms with Gasteiger partial charge in [0.1, 0.15) is 11.6 Å². The van der Waals surface area contributed by atoms with Gasteiger partial charge >= 0.3 is 0 Å². The standard InChI is InChI=1S/C17H12ClFN2O3.C8H13NO/c18-11-3-1-10(2-4-11)7-21-17(23)12-6-15(22)13(5-14(12)19)16-8-20-9-24-16;10-8-5-4-7-3-1-2-6-9(7)8/h1-6,8-9,22H,7H2,(H,21,23);7H,1-6H2/t;7-/m.0/s1. The lowest BCUT2D eigenvalue weighted by Gasteiger charge is -2.29. The summed E-state index contributed by atoms with van der Waals surface area (Å²) in [6.45, 7) is 1.24. The van der Waals surface area contributed by atoms with Crippen LogP contribution in [0.25, 0.3) is 11.3 Å². The molecule has 2 aromatic carbocycles. The van der Waals surface area contributed by atoms with Crippen molar-refractivity contribution in [2.24, 2.45) is 0 Å². The molecule has 7 nitrogen and oxygen atoms in total. The Balaban J connectivity index is 0.000000226. The number of nitrogens with zero attached hydrogens (tertiary/aromatic N) is 2. The van der Waals surface area contributed by atoms with Gasteiger partial charge in [0.25, 0.3) is 5.91 Å². The van der Waals surface area contributed by atoms with Crippen molar-refractivity contribution in [3.63, 3.8) is 0 Å². The van der Waals surface area contributed by atoms with Crippen molar-refractivity contribution in [2.45, 2.75) is 44.7 Å². The predicted octanol–water partition coefficient (Wildman–Crippen LogP) is 4.93. The lowest BCUT2D eigenvalue weighted by atomic mass is 10.0. The Hall–Kier alpha value is -3.39. The zero-order chi connectivity index (χ0) is 24.1. The SMILES string of the molecule is O=C(NCc1ccc(Cl)cc1)c1cc(O)c(-c2cnco2)cc1F.O=C1CC[C@@H]2CCCCN12. The van der Waals surface area contributed by atoms with Crippen LogP contribution in [0.5, 0.6) is 5.75 Å².